The fourth-order valence-electron chi connectivity index (χ4n) is 3.42. The van der Waals surface area contributed by atoms with Crippen LogP contribution in [0.3, 0.4) is 0 Å². The fraction of sp³-hybridized carbons (Fsp3) is 0.533. The Hall–Kier alpha value is -1.62. The molecule has 1 aromatic rings. The molecule has 2 aliphatic heterocycles. The van der Waals surface area contributed by atoms with Crippen LogP contribution in [0.15, 0.2) is 24.3 Å². The zero-order valence-electron chi connectivity index (χ0n) is 11.2. The van der Waals surface area contributed by atoms with Crippen LogP contribution in [-0.4, -0.2) is 40.7 Å². The van der Waals surface area contributed by atoms with Crippen LogP contribution < -0.4 is 4.74 Å². The molecule has 0 aromatic heterocycles. The van der Waals surface area contributed by atoms with Gasteiger partial charge in [-0.3, -0.25) is 4.79 Å². The van der Waals surface area contributed by atoms with E-state index in [1.54, 1.807) is 12.1 Å². The highest BCUT2D eigenvalue weighted by Gasteiger charge is 2.43. The molecular formula is C15H18FNO3. The molecule has 2 bridgehead atoms. The largest absolute Gasteiger partial charge is 0.490 e. The van der Waals surface area contributed by atoms with E-state index < -0.39 is 6.61 Å². The van der Waals surface area contributed by atoms with Crippen molar-refractivity contribution in [2.75, 3.05) is 6.61 Å². The molecule has 2 heterocycles. The molecule has 20 heavy (non-hydrogen) atoms. The van der Waals surface area contributed by atoms with Gasteiger partial charge in [0.2, 0.25) is 5.91 Å². The molecule has 2 fully saturated rings. The maximum atomic E-state index is 12.9. The van der Waals surface area contributed by atoms with Crippen molar-refractivity contribution >= 4 is 5.91 Å². The number of ether oxygens (including phenoxy) is 1. The lowest BCUT2D eigenvalue weighted by atomic mass is 9.99. The van der Waals surface area contributed by atoms with E-state index in [1.807, 2.05) is 4.90 Å². The number of hydrogen-bond donors (Lipinski definition) is 1. The predicted octanol–water partition coefficient (Wildman–Crippen LogP) is 1.72. The number of amides is 1. The Balaban J connectivity index is 1.65. The summed E-state index contributed by atoms with van der Waals surface area (Å²) in [6.45, 7) is -0.420. The minimum Gasteiger partial charge on any atom is -0.490 e. The van der Waals surface area contributed by atoms with E-state index in [-0.39, 0.29) is 29.9 Å². The number of rotatable bonds is 3. The van der Waals surface area contributed by atoms with Crippen LogP contribution in [0.2, 0.25) is 0 Å². The van der Waals surface area contributed by atoms with Gasteiger partial charge in [0.1, 0.15) is 24.3 Å². The Labute approximate surface area is 117 Å². The number of carbonyl (C=O) groups is 1. The molecule has 1 N–H and O–H groups in total. The molecule has 4 nitrogen and oxygen atoms in total. The van der Waals surface area contributed by atoms with Crippen LogP contribution in [0.25, 0.3) is 0 Å². The summed E-state index contributed by atoms with van der Waals surface area (Å²) < 4.78 is 18.7. The first-order valence-electron chi connectivity index (χ1n) is 7.01. The zero-order chi connectivity index (χ0) is 14.1. The Bertz CT molecular complexity index is 476. The monoisotopic (exact) mass is 279 g/mol. The first-order chi connectivity index (χ1) is 9.67. The second-order valence-corrected chi connectivity index (χ2v) is 5.51. The maximum Gasteiger partial charge on any atom is 0.248 e. The summed E-state index contributed by atoms with van der Waals surface area (Å²) in [5.74, 6) is 0.205. The number of nitrogens with zero attached hydrogens (tertiary/aromatic N) is 1. The predicted molar refractivity (Wildman–Crippen MR) is 70.8 cm³/mol. The van der Waals surface area contributed by atoms with Crippen LogP contribution in [0, 0.1) is 5.82 Å². The summed E-state index contributed by atoms with van der Waals surface area (Å²) >= 11 is 0. The van der Waals surface area contributed by atoms with E-state index in [0.717, 1.165) is 25.7 Å². The number of carbonyl (C=O) groups excluding carboxylic acids is 1. The Morgan fingerprint density at radius 3 is 2.40 bits per heavy atom. The van der Waals surface area contributed by atoms with Crippen molar-refractivity contribution in [3.63, 3.8) is 0 Å². The first kappa shape index (κ1) is 13.4. The van der Waals surface area contributed by atoms with Gasteiger partial charge in [-0.25, -0.2) is 4.39 Å². The summed E-state index contributed by atoms with van der Waals surface area (Å²) in [5.41, 5.74) is 0. The van der Waals surface area contributed by atoms with E-state index in [0.29, 0.717) is 5.75 Å². The summed E-state index contributed by atoms with van der Waals surface area (Å²) in [4.78, 5) is 13.5. The van der Waals surface area contributed by atoms with Crippen LogP contribution in [0.4, 0.5) is 4.39 Å². The molecule has 5 heteroatoms. The average molecular weight is 279 g/mol. The van der Waals surface area contributed by atoms with Crippen molar-refractivity contribution in [2.24, 2.45) is 0 Å². The molecule has 2 aliphatic rings. The maximum absolute atomic E-state index is 12.9. The number of piperidine rings is 1. The molecule has 3 rings (SSSR count). The minimum absolute atomic E-state index is 0.0562. The molecule has 0 aliphatic carbocycles. The van der Waals surface area contributed by atoms with Crippen molar-refractivity contribution in [3.05, 3.63) is 30.1 Å². The normalized spacial score (nSPS) is 28.5. The van der Waals surface area contributed by atoms with E-state index in [2.05, 4.69) is 0 Å². The number of aliphatic hydroxyl groups excluding tert-OH is 1. The van der Waals surface area contributed by atoms with Crippen LogP contribution in [-0.2, 0) is 4.79 Å². The number of halogens is 1. The number of fused-ring (bicyclic) bond motifs is 2. The van der Waals surface area contributed by atoms with E-state index in [4.69, 9.17) is 9.84 Å². The topological polar surface area (TPSA) is 49.8 Å². The van der Waals surface area contributed by atoms with Crippen molar-refractivity contribution in [2.45, 2.75) is 43.9 Å². The second kappa shape index (κ2) is 5.40. The Morgan fingerprint density at radius 2 is 1.85 bits per heavy atom. The highest BCUT2D eigenvalue weighted by molar-refractivity contribution is 5.78. The molecule has 0 spiro atoms. The molecule has 2 atom stereocenters. The van der Waals surface area contributed by atoms with E-state index >= 15 is 0 Å². The SMILES string of the molecule is O=C(CO)N1C2CCC1CC(Oc1ccc(F)cc1)C2. The van der Waals surface area contributed by atoms with E-state index in [1.165, 1.54) is 12.1 Å². The van der Waals surface area contributed by atoms with Gasteiger partial charge in [-0.15, -0.1) is 0 Å². The molecule has 2 saturated heterocycles. The van der Waals surface area contributed by atoms with Gasteiger partial charge in [-0.2, -0.15) is 0 Å². The van der Waals surface area contributed by atoms with Gasteiger partial charge in [0.25, 0.3) is 0 Å². The van der Waals surface area contributed by atoms with Gasteiger partial charge < -0.3 is 14.7 Å². The molecular weight excluding hydrogens is 261 g/mol. The second-order valence-electron chi connectivity index (χ2n) is 5.51. The first-order valence-corrected chi connectivity index (χ1v) is 7.01. The van der Waals surface area contributed by atoms with Gasteiger partial charge in [-0.1, -0.05) is 0 Å². The van der Waals surface area contributed by atoms with Gasteiger partial charge in [0.15, 0.2) is 0 Å². The lowest BCUT2D eigenvalue weighted by molar-refractivity contribution is -0.140. The quantitative estimate of drug-likeness (QED) is 0.916. The van der Waals surface area contributed by atoms with Crippen LogP contribution >= 0.6 is 0 Å². The highest BCUT2D eigenvalue weighted by Crippen LogP contribution is 2.37. The van der Waals surface area contributed by atoms with Gasteiger partial charge >= 0.3 is 0 Å². The van der Waals surface area contributed by atoms with Crippen molar-refractivity contribution in [1.29, 1.82) is 0 Å². The number of hydrogen-bond acceptors (Lipinski definition) is 3. The van der Waals surface area contributed by atoms with Crippen molar-refractivity contribution in [3.8, 4) is 5.75 Å². The summed E-state index contributed by atoms with van der Waals surface area (Å²) in [5, 5.41) is 9.02. The van der Waals surface area contributed by atoms with Gasteiger partial charge in [0, 0.05) is 24.9 Å². The van der Waals surface area contributed by atoms with Crippen molar-refractivity contribution in [1.82, 2.24) is 4.90 Å². The summed E-state index contributed by atoms with van der Waals surface area (Å²) in [7, 11) is 0. The van der Waals surface area contributed by atoms with Gasteiger partial charge in [-0.05, 0) is 37.1 Å². The lowest BCUT2D eigenvalue weighted by Crippen LogP contribution is -2.50. The Morgan fingerprint density at radius 1 is 1.25 bits per heavy atom. The molecule has 2 unspecified atom stereocenters. The number of aliphatic hydroxyl groups is 1. The van der Waals surface area contributed by atoms with Gasteiger partial charge in [0.05, 0.1) is 0 Å². The Kier molecular flexibility index (Phi) is 3.61. The molecule has 108 valence electrons. The average Bonchev–Trinajstić information content (AvgIpc) is 2.72. The zero-order valence-corrected chi connectivity index (χ0v) is 11.2. The van der Waals surface area contributed by atoms with Crippen LogP contribution in [0.1, 0.15) is 25.7 Å². The van der Waals surface area contributed by atoms with Crippen molar-refractivity contribution < 1.29 is 19.0 Å². The lowest BCUT2D eigenvalue weighted by Gasteiger charge is -2.38. The molecule has 0 saturated carbocycles. The third-order valence-electron chi connectivity index (χ3n) is 4.23. The summed E-state index contributed by atoms with van der Waals surface area (Å²) in [6.07, 6.45) is 3.55. The highest BCUT2D eigenvalue weighted by atomic mass is 19.1. The number of benzene rings is 1. The fourth-order valence-corrected chi connectivity index (χ4v) is 3.42. The standard InChI is InChI=1S/C15H18FNO3/c16-10-1-5-13(6-2-10)20-14-7-11-3-4-12(8-14)17(11)15(19)9-18/h1-2,5-6,11-12,14,18H,3-4,7-9H2. The molecule has 1 aromatic carbocycles. The molecule has 1 amide bonds. The van der Waals surface area contributed by atoms with E-state index in [9.17, 15) is 9.18 Å². The third kappa shape index (κ3) is 2.50. The van der Waals surface area contributed by atoms with Crippen LogP contribution in [0.5, 0.6) is 5.75 Å². The third-order valence-corrected chi connectivity index (χ3v) is 4.23. The smallest absolute Gasteiger partial charge is 0.248 e. The minimum atomic E-state index is -0.420. The molecule has 0 radical (unpaired) electrons. The summed E-state index contributed by atoms with van der Waals surface area (Å²) in [6, 6.07) is 6.35.